The van der Waals surface area contributed by atoms with Gasteiger partial charge in [0.25, 0.3) is 10.1 Å². The van der Waals surface area contributed by atoms with Crippen molar-refractivity contribution >= 4 is 80.7 Å². The molecule has 0 radical (unpaired) electrons. The maximum absolute atomic E-state index is 11.5. The second-order valence-corrected chi connectivity index (χ2v) is 16.6. The Morgan fingerprint density at radius 2 is 0.766 bits per heavy atom. The second-order valence-electron chi connectivity index (χ2n) is 15.2. The summed E-state index contributed by atoms with van der Waals surface area (Å²) in [5.74, 6) is 1.28. The van der Waals surface area contributed by atoms with Gasteiger partial charge >= 0.3 is 0 Å². The number of aromatic nitrogens is 6. The van der Waals surface area contributed by atoms with Gasteiger partial charge in [0.05, 0.1) is 29.3 Å². The van der Waals surface area contributed by atoms with Crippen LogP contribution in [0.25, 0.3) is 12.2 Å². The van der Waals surface area contributed by atoms with Crippen LogP contribution in [-0.2, 0) is 10.1 Å². The minimum atomic E-state index is -4.38. The minimum absolute atomic E-state index is 0.101. The van der Waals surface area contributed by atoms with E-state index in [4.69, 9.17) is 0 Å². The molecule has 0 bridgehead atoms. The van der Waals surface area contributed by atoms with Crippen molar-refractivity contribution < 1.29 is 33.4 Å². The number of nitrogens with zero attached hydrogens (tertiary/aromatic N) is 8. The molecular weight excluding hydrogens is 841 g/mol. The number of benzene rings is 4. The normalized spacial score (nSPS) is 13.5. The molecule has 0 saturated heterocycles. The maximum atomic E-state index is 11.5. The van der Waals surface area contributed by atoms with Crippen LogP contribution < -0.4 is 31.1 Å². The maximum Gasteiger partial charge on any atom is 0.294 e. The average Bonchev–Trinajstić information content (AvgIpc) is 3.23. The lowest BCUT2D eigenvalue weighted by atomic mass is 10.1. The van der Waals surface area contributed by atoms with Gasteiger partial charge in [-0.15, -0.1) is 0 Å². The molecule has 6 aromatic rings. The first-order valence-corrected chi connectivity index (χ1v) is 21.8. The summed E-state index contributed by atoms with van der Waals surface area (Å²) in [4.78, 5) is 30.5. The van der Waals surface area contributed by atoms with Gasteiger partial charge in [0.2, 0.25) is 35.7 Å². The highest BCUT2D eigenvalue weighted by Crippen LogP contribution is 2.25. The molecule has 0 spiro atoms. The van der Waals surface area contributed by atoms with Crippen molar-refractivity contribution in [2.75, 3.05) is 57.2 Å². The summed E-state index contributed by atoms with van der Waals surface area (Å²) in [5, 5.41) is 53.4. The van der Waals surface area contributed by atoms with Gasteiger partial charge in [0.1, 0.15) is 0 Å². The van der Waals surface area contributed by atoms with Gasteiger partial charge in [-0.25, -0.2) is 0 Å². The molecule has 6 rings (SSSR count). The molecule has 4 aromatic carbocycles. The third-order valence-corrected chi connectivity index (χ3v) is 9.86. The van der Waals surface area contributed by atoms with E-state index >= 15 is 0 Å². The van der Waals surface area contributed by atoms with E-state index in [2.05, 4.69) is 51.2 Å². The van der Waals surface area contributed by atoms with Crippen molar-refractivity contribution in [1.82, 2.24) is 29.9 Å². The molecule has 4 unspecified atom stereocenters. The van der Waals surface area contributed by atoms with Gasteiger partial charge in [-0.2, -0.15) is 38.3 Å². The Bertz CT molecular complexity index is 2550. The van der Waals surface area contributed by atoms with Gasteiger partial charge in [-0.3, -0.25) is 4.55 Å². The number of anilines is 10. The highest BCUT2D eigenvalue weighted by atomic mass is 32.2. The summed E-state index contributed by atoms with van der Waals surface area (Å²) < 4.78 is 32.4. The largest absolute Gasteiger partial charge is 0.392 e. The van der Waals surface area contributed by atoms with E-state index < -0.39 is 34.5 Å². The highest BCUT2D eigenvalue weighted by Gasteiger charge is 2.20. The fraction of sp³-hybridized carbons (Fsp3) is 0.273. The van der Waals surface area contributed by atoms with Gasteiger partial charge < -0.3 is 51.5 Å². The molecule has 64 heavy (non-hydrogen) atoms. The van der Waals surface area contributed by atoms with Crippen LogP contribution in [0.3, 0.4) is 0 Å². The molecule has 20 heteroatoms. The lowest BCUT2D eigenvalue weighted by molar-refractivity contribution is 0.176. The van der Waals surface area contributed by atoms with Gasteiger partial charge in [0.15, 0.2) is 0 Å². The first-order valence-electron chi connectivity index (χ1n) is 20.4. The van der Waals surface area contributed by atoms with Crippen LogP contribution in [0.5, 0.6) is 0 Å². The summed E-state index contributed by atoms with van der Waals surface area (Å²) in [5.41, 5.74) is 4.44. The zero-order valence-electron chi connectivity index (χ0n) is 35.6. The standard InChI is InChI=1S/C44H52N12O7S/c1-28(57)24-55(25-29(2)58)43-51-39(45-34-8-6-5-7-9-34)49-40(52-43)46-35-16-12-32(13-17-35)10-11-33-14-18-36(19-15-33)47-41-50-42(48-37-20-22-38(23-21-37)64(61,62)63)54-44(53-41)56(26-30(3)59)27-31(4)60/h5-23,28-31,57-60H,24-27H2,1-4H3,(H,61,62,63)(H2,45,46,49,51,52)(H2,47,48,50,53,54)/b11-10+. The molecule has 4 atom stereocenters. The predicted molar refractivity (Wildman–Crippen MR) is 248 cm³/mol. The quantitative estimate of drug-likeness (QED) is 0.0315. The van der Waals surface area contributed by atoms with Crippen LogP contribution in [0.15, 0.2) is 108 Å². The molecule has 0 aliphatic rings. The molecule has 2 aromatic heterocycles. The Kier molecular flexibility index (Phi) is 15.7. The number of hydrogen-bond acceptors (Lipinski definition) is 18. The van der Waals surface area contributed by atoms with Crippen LogP contribution >= 0.6 is 0 Å². The number of aliphatic hydroxyl groups is 4. The van der Waals surface area contributed by atoms with Gasteiger partial charge in [-0.1, -0.05) is 54.6 Å². The van der Waals surface area contributed by atoms with Crippen molar-refractivity contribution in [3.63, 3.8) is 0 Å². The first-order chi connectivity index (χ1) is 30.5. The zero-order chi connectivity index (χ0) is 45.8. The molecule has 0 aliphatic carbocycles. The Hall–Kier alpha value is -6.81. The zero-order valence-corrected chi connectivity index (χ0v) is 36.5. The van der Waals surface area contributed by atoms with E-state index in [1.807, 2.05) is 91.0 Å². The summed E-state index contributed by atoms with van der Waals surface area (Å²) in [6, 6.07) is 30.1. The van der Waals surface area contributed by atoms with E-state index in [0.29, 0.717) is 11.4 Å². The van der Waals surface area contributed by atoms with Crippen molar-refractivity contribution in [3.8, 4) is 0 Å². The van der Waals surface area contributed by atoms with Crippen LogP contribution in [0.1, 0.15) is 38.8 Å². The van der Waals surface area contributed by atoms with E-state index in [0.717, 1.165) is 22.5 Å². The van der Waals surface area contributed by atoms with Gasteiger partial charge in [0, 0.05) is 48.9 Å². The summed E-state index contributed by atoms with van der Waals surface area (Å²) in [6.45, 7) is 7.20. The lowest BCUT2D eigenvalue weighted by Crippen LogP contribution is -2.37. The monoisotopic (exact) mass is 892 g/mol. The molecule has 0 amide bonds. The Morgan fingerprint density at radius 3 is 1.06 bits per heavy atom. The molecule has 0 fully saturated rings. The smallest absolute Gasteiger partial charge is 0.294 e. The second kappa shape index (κ2) is 21.5. The van der Waals surface area contributed by atoms with E-state index in [9.17, 15) is 33.4 Å². The highest BCUT2D eigenvalue weighted by molar-refractivity contribution is 7.85. The number of nitrogens with one attached hydrogen (secondary N) is 4. The summed E-state index contributed by atoms with van der Waals surface area (Å²) in [6.07, 6.45) is 1.02. The van der Waals surface area contributed by atoms with Crippen molar-refractivity contribution in [1.29, 1.82) is 0 Å². The topological polar surface area (TPSA) is 267 Å². The predicted octanol–water partition coefficient (Wildman–Crippen LogP) is 5.58. The van der Waals surface area contributed by atoms with Crippen molar-refractivity contribution in [2.45, 2.75) is 57.0 Å². The van der Waals surface area contributed by atoms with E-state index in [1.54, 1.807) is 37.5 Å². The molecule has 19 nitrogen and oxygen atoms in total. The fourth-order valence-corrected chi connectivity index (χ4v) is 6.76. The van der Waals surface area contributed by atoms with E-state index in [-0.39, 0.29) is 66.8 Å². The molecule has 336 valence electrons. The van der Waals surface area contributed by atoms with Crippen molar-refractivity contribution in [2.24, 2.45) is 0 Å². The number of hydrogen-bond donors (Lipinski definition) is 9. The Labute approximate surface area is 371 Å². The third-order valence-electron chi connectivity index (χ3n) is 8.99. The van der Waals surface area contributed by atoms with Crippen LogP contribution in [0.4, 0.5) is 58.4 Å². The average molecular weight is 893 g/mol. The van der Waals surface area contributed by atoms with Crippen molar-refractivity contribution in [3.05, 3.63) is 114 Å². The van der Waals surface area contributed by atoms with Crippen LogP contribution in [-0.4, -0.2) is 114 Å². The third kappa shape index (κ3) is 14.4. The lowest BCUT2D eigenvalue weighted by Gasteiger charge is -2.26. The Balaban J connectivity index is 1.16. The van der Waals surface area contributed by atoms with E-state index in [1.165, 1.54) is 24.3 Å². The molecule has 0 aliphatic heterocycles. The molecular formula is C44H52N12O7S. The SMILES string of the molecule is CC(O)CN(CC(C)O)c1nc(Nc2ccccc2)nc(Nc2ccc(/C=C/c3ccc(Nc4nc(Nc5ccc(S(=O)(=O)O)cc5)nc(N(CC(C)O)CC(C)O)n4)cc3)cc2)n1. The molecule has 9 N–H and O–H groups in total. The van der Waals surface area contributed by atoms with Gasteiger partial charge in [-0.05, 0) is 99.5 Å². The Morgan fingerprint density at radius 1 is 0.469 bits per heavy atom. The number of para-hydroxylation sites is 1. The molecule has 2 heterocycles. The van der Waals surface area contributed by atoms with Crippen LogP contribution in [0, 0.1) is 0 Å². The summed E-state index contributed by atoms with van der Waals surface area (Å²) >= 11 is 0. The first kappa shape index (κ1) is 46.7. The molecule has 0 saturated carbocycles. The summed E-state index contributed by atoms with van der Waals surface area (Å²) in [7, 11) is -4.38. The van der Waals surface area contributed by atoms with Crippen LogP contribution in [0.2, 0.25) is 0 Å². The number of aliphatic hydroxyl groups excluding tert-OH is 4. The number of rotatable bonds is 21. The fourth-order valence-electron chi connectivity index (χ4n) is 6.28. The minimum Gasteiger partial charge on any atom is -0.392 e.